The Morgan fingerprint density at radius 2 is 1.83 bits per heavy atom. The van der Waals surface area contributed by atoms with Gasteiger partial charge in [-0.05, 0) is 36.4 Å². The van der Waals surface area contributed by atoms with E-state index >= 15 is 0 Å². The number of benzene rings is 2. The molecule has 0 radical (unpaired) electrons. The number of aliphatic imine (C=N–C) groups is 1. The Bertz CT molecular complexity index is 745. The molecule has 0 saturated heterocycles. The Balaban J connectivity index is 2.08. The number of carbonyl (C=O) groups is 1. The third-order valence-corrected chi connectivity index (χ3v) is 3.66. The summed E-state index contributed by atoms with van der Waals surface area (Å²) in [4.78, 5) is 16.4. The number of carbonyl (C=O) groups excluding carboxylic acids is 1. The minimum absolute atomic E-state index is 0.0835. The average Bonchev–Trinajstić information content (AvgIpc) is 2.56. The lowest BCUT2D eigenvalue weighted by Gasteiger charge is -2.08. The molecule has 2 aromatic carbocycles. The first kappa shape index (κ1) is 17.3. The zero-order valence-corrected chi connectivity index (χ0v) is 14.2. The summed E-state index contributed by atoms with van der Waals surface area (Å²) in [6, 6.07) is 10.0. The molecule has 4 nitrogen and oxygen atoms in total. The van der Waals surface area contributed by atoms with E-state index < -0.39 is 0 Å². The molecule has 6 heteroatoms. The summed E-state index contributed by atoms with van der Waals surface area (Å²) in [5.74, 6) is 1.00. The lowest BCUT2D eigenvalue weighted by molar-refractivity contribution is 0.100. The number of nitrogens with zero attached hydrogens (tertiary/aromatic N) is 1. The predicted molar refractivity (Wildman–Crippen MR) is 93.1 cm³/mol. The van der Waals surface area contributed by atoms with E-state index in [1.165, 1.54) is 13.3 Å². The number of methoxy groups -OCH3 is 2. The molecule has 0 aromatic heterocycles. The quantitative estimate of drug-likeness (QED) is 0.544. The van der Waals surface area contributed by atoms with Gasteiger partial charge in [0.1, 0.15) is 0 Å². The van der Waals surface area contributed by atoms with Crippen LogP contribution in [0.15, 0.2) is 41.4 Å². The fraction of sp³-hybridized carbons (Fsp3) is 0.176. The molecule has 23 heavy (non-hydrogen) atoms. The van der Waals surface area contributed by atoms with Crippen LogP contribution in [0.1, 0.15) is 16.8 Å². The van der Waals surface area contributed by atoms with Crippen LogP contribution in [0.5, 0.6) is 11.5 Å². The van der Waals surface area contributed by atoms with Crippen molar-refractivity contribution < 1.29 is 14.3 Å². The van der Waals surface area contributed by atoms with Gasteiger partial charge >= 0.3 is 0 Å². The lowest BCUT2D eigenvalue weighted by Crippen LogP contribution is -2.01. The third-order valence-electron chi connectivity index (χ3n) is 3.12. The van der Waals surface area contributed by atoms with Crippen LogP contribution in [0, 0.1) is 0 Å². The zero-order chi connectivity index (χ0) is 16.8. The molecule has 0 aliphatic heterocycles. The molecule has 0 amide bonds. The van der Waals surface area contributed by atoms with Crippen LogP contribution >= 0.6 is 23.2 Å². The summed E-state index contributed by atoms with van der Waals surface area (Å²) >= 11 is 11.8. The van der Waals surface area contributed by atoms with Crippen LogP contribution in [-0.4, -0.2) is 26.2 Å². The predicted octanol–water partition coefficient (Wildman–Crippen LogP) is 4.99. The molecule has 2 rings (SSSR count). The maximum atomic E-state index is 12.2. The number of ether oxygens (including phenoxy) is 2. The van der Waals surface area contributed by atoms with Gasteiger partial charge in [0.05, 0.1) is 24.9 Å². The number of rotatable bonds is 6. The second kappa shape index (κ2) is 7.99. The molecule has 0 saturated carbocycles. The fourth-order valence-electron chi connectivity index (χ4n) is 1.94. The third kappa shape index (κ3) is 4.47. The molecule has 0 heterocycles. The molecule has 0 aliphatic carbocycles. The van der Waals surface area contributed by atoms with Gasteiger partial charge in [0.2, 0.25) is 0 Å². The van der Waals surface area contributed by atoms with E-state index in [1.54, 1.807) is 43.5 Å². The first-order valence-electron chi connectivity index (χ1n) is 6.78. The summed E-state index contributed by atoms with van der Waals surface area (Å²) in [5, 5.41) is 0.975. The molecule has 0 bridgehead atoms. The smallest absolute Gasteiger partial charge is 0.168 e. The highest BCUT2D eigenvalue weighted by atomic mass is 35.5. The van der Waals surface area contributed by atoms with Crippen molar-refractivity contribution in [1.29, 1.82) is 0 Å². The molecular formula is C17H15Cl2NO3. The van der Waals surface area contributed by atoms with Gasteiger partial charge in [-0.1, -0.05) is 23.2 Å². The van der Waals surface area contributed by atoms with Gasteiger partial charge in [-0.25, -0.2) is 0 Å². The summed E-state index contributed by atoms with van der Waals surface area (Å²) in [6.07, 6.45) is 1.67. The summed E-state index contributed by atoms with van der Waals surface area (Å²) in [6.45, 7) is 0. The Kier molecular flexibility index (Phi) is 6.02. The maximum Gasteiger partial charge on any atom is 0.168 e. The van der Waals surface area contributed by atoms with Crippen LogP contribution < -0.4 is 9.47 Å². The topological polar surface area (TPSA) is 47.9 Å². The normalized spacial score (nSPS) is 10.8. The molecule has 0 aliphatic rings. The molecule has 0 spiro atoms. The van der Waals surface area contributed by atoms with E-state index in [1.807, 2.05) is 0 Å². The molecular weight excluding hydrogens is 337 g/mol. The molecule has 2 aromatic rings. The van der Waals surface area contributed by atoms with Crippen molar-refractivity contribution in [2.45, 2.75) is 6.42 Å². The van der Waals surface area contributed by atoms with E-state index in [4.69, 9.17) is 32.7 Å². The maximum absolute atomic E-state index is 12.2. The van der Waals surface area contributed by atoms with Crippen LogP contribution in [0.25, 0.3) is 0 Å². The highest BCUT2D eigenvalue weighted by Gasteiger charge is 2.10. The number of halogens is 2. The van der Waals surface area contributed by atoms with Crippen molar-refractivity contribution in [1.82, 2.24) is 0 Å². The summed E-state index contributed by atoms with van der Waals surface area (Å²) < 4.78 is 10.3. The van der Waals surface area contributed by atoms with Gasteiger partial charge in [-0.3, -0.25) is 9.79 Å². The lowest BCUT2D eigenvalue weighted by atomic mass is 10.1. The molecule has 0 N–H and O–H groups in total. The largest absolute Gasteiger partial charge is 0.493 e. The Morgan fingerprint density at radius 1 is 1.09 bits per heavy atom. The highest BCUT2D eigenvalue weighted by Crippen LogP contribution is 2.29. The van der Waals surface area contributed by atoms with Crippen LogP contribution in [0.3, 0.4) is 0 Å². The Labute approximate surface area is 144 Å². The average molecular weight is 352 g/mol. The van der Waals surface area contributed by atoms with Gasteiger partial charge in [-0.2, -0.15) is 0 Å². The molecule has 0 fully saturated rings. The molecule has 0 unspecified atom stereocenters. The van der Waals surface area contributed by atoms with E-state index in [2.05, 4.69) is 4.99 Å². The van der Waals surface area contributed by atoms with Gasteiger partial charge < -0.3 is 9.47 Å². The minimum atomic E-state index is -0.0835. The minimum Gasteiger partial charge on any atom is -0.493 e. The monoisotopic (exact) mass is 351 g/mol. The summed E-state index contributed by atoms with van der Waals surface area (Å²) in [5.41, 5.74) is 1.09. The van der Waals surface area contributed by atoms with E-state index in [-0.39, 0.29) is 12.2 Å². The van der Waals surface area contributed by atoms with Gasteiger partial charge in [0, 0.05) is 23.2 Å². The number of ketones is 1. The van der Waals surface area contributed by atoms with E-state index in [0.717, 1.165) is 0 Å². The number of Topliss-reactive ketones (excluding diaryl/α,β-unsaturated/α-hetero) is 1. The van der Waals surface area contributed by atoms with Crippen molar-refractivity contribution in [3.63, 3.8) is 0 Å². The Hall–Kier alpha value is -2.04. The second-order valence-electron chi connectivity index (χ2n) is 4.60. The van der Waals surface area contributed by atoms with Crippen molar-refractivity contribution in [2.75, 3.05) is 14.2 Å². The van der Waals surface area contributed by atoms with E-state index in [9.17, 15) is 4.79 Å². The number of hydrogen-bond donors (Lipinski definition) is 0. The van der Waals surface area contributed by atoms with Crippen molar-refractivity contribution in [3.8, 4) is 11.5 Å². The first-order chi connectivity index (χ1) is 11.0. The van der Waals surface area contributed by atoms with Crippen LogP contribution in [0.2, 0.25) is 10.0 Å². The standard InChI is InChI=1S/C17H15Cl2NO3/c1-22-16-6-3-11(9-17(16)23-2)15(21)7-8-20-14-5-4-12(18)10-13(14)19/h3-6,8-10H,7H2,1-2H3. The highest BCUT2D eigenvalue weighted by molar-refractivity contribution is 6.36. The summed E-state index contributed by atoms with van der Waals surface area (Å²) in [7, 11) is 3.07. The van der Waals surface area contributed by atoms with Gasteiger partial charge in [-0.15, -0.1) is 0 Å². The van der Waals surface area contributed by atoms with Gasteiger partial charge in [0.25, 0.3) is 0 Å². The molecule has 0 atom stereocenters. The van der Waals surface area contributed by atoms with E-state index in [0.29, 0.717) is 32.8 Å². The van der Waals surface area contributed by atoms with Crippen molar-refractivity contribution in [2.24, 2.45) is 4.99 Å². The Morgan fingerprint density at radius 3 is 2.48 bits per heavy atom. The van der Waals surface area contributed by atoms with Crippen molar-refractivity contribution >= 4 is 40.9 Å². The number of hydrogen-bond acceptors (Lipinski definition) is 4. The van der Waals surface area contributed by atoms with Crippen molar-refractivity contribution in [3.05, 3.63) is 52.0 Å². The zero-order valence-electron chi connectivity index (χ0n) is 12.7. The second-order valence-corrected chi connectivity index (χ2v) is 5.45. The SMILES string of the molecule is COc1ccc(C(=O)CC=Nc2ccc(Cl)cc2Cl)cc1OC. The molecule has 120 valence electrons. The van der Waals surface area contributed by atoms with Gasteiger partial charge in [0.15, 0.2) is 17.3 Å². The van der Waals surface area contributed by atoms with Crippen LogP contribution in [0.4, 0.5) is 5.69 Å². The fourth-order valence-corrected chi connectivity index (χ4v) is 2.40. The van der Waals surface area contributed by atoms with Crippen LogP contribution in [-0.2, 0) is 0 Å². The first-order valence-corrected chi connectivity index (χ1v) is 7.53.